The van der Waals surface area contributed by atoms with Gasteiger partial charge in [0.1, 0.15) is 0 Å². The molecule has 8 nitrogen and oxygen atoms in total. The van der Waals surface area contributed by atoms with Crippen LogP contribution in [0.4, 0.5) is 0 Å². The molecule has 0 radical (unpaired) electrons. The van der Waals surface area contributed by atoms with Gasteiger partial charge in [0.25, 0.3) is 0 Å². The molecular weight excluding hydrogens is 247 g/mol. The molecule has 0 amide bonds. The maximum atomic E-state index is 10.3. The van der Waals surface area contributed by atoms with E-state index in [1.54, 1.807) is 0 Å². The largest absolute Gasteiger partial charge is 1.00 e. The standard InChI is InChI=1S/C4H10N3O5P.2Na/c5-4(6)7(1-3(8)9)2-13(10,11)12;;/h1-2H2,(H3,5,6)(H,8,9)(H2,10,11,12);;/q;2*+1/p-2. The van der Waals surface area contributed by atoms with Gasteiger partial charge in [0.2, 0.25) is 0 Å². The summed E-state index contributed by atoms with van der Waals surface area (Å²) >= 11 is 0. The summed E-state index contributed by atoms with van der Waals surface area (Å²) in [6, 6.07) is 0. The molecule has 0 bridgehead atoms. The molecule has 0 aliphatic rings. The van der Waals surface area contributed by atoms with Gasteiger partial charge in [-0.3, -0.25) is 5.41 Å². The maximum absolute atomic E-state index is 10.3. The third kappa shape index (κ3) is 12.8. The Balaban J connectivity index is -0.000000720. The third-order valence-corrected chi connectivity index (χ3v) is 1.71. The van der Waals surface area contributed by atoms with Crippen molar-refractivity contribution in [3.05, 3.63) is 0 Å². The number of carbonyl (C=O) groups excluding carboxylic acids is 1. The van der Waals surface area contributed by atoms with E-state index in [1.807, 2.05) is 0 Å². The zero-order valence-corrected chi connectivity index (χ0v) is 13.4. The normalized spacial score (nSPS) is 12.7. The van der Waals surface area contributed by atoms with Gasteiger partial charge in [0.05, 0.1) is 18.8 Å². The van der Waals surface area contributed by atoms with Crippen LogP contribution in [0, 0.1) is 5.41 Å². The van der Waals surface area contributed by atoms with Crippen LogP contribution < -0.4 is 74.8 Å². The van der Waals surface area contributed by atoms with Gasteiger partial charge >= 0.3 is 59.1 Å². The van der Waals surface area contributed by atoms with E-state index in [2.05, 4.69) is 0 Å². The van der Waals surface area contributed by atoms with Crippen LogP contribution in [0.2, 0.25) is 0 Å². The summed E-state index contributed by atoms with van der Waals surface area (Å²) in [5.41, 5.74) is 4.84. The average molecular weight is 255 g/mol. The van der Waals surface area contributed by atoms with E-state index in [9.17, 15) is 19.4 Å². The Hall–Kier alpha value is 0.890. The molecule has 1 atom stereocenters. The summed E-state index contributed by atoms with van der Waals surface area (Å²) < 4.78 is 10.3. The van der Waals surface area contributed by atoms with Crippen LogP contribution >= 0.6 is 7.60 Å². The minimum atomic E-state index is -4.67. The molecule has 11 heteroatoms. The van der Waals surface area contributed by atoms with Crippen molar-refractivity contribution in [1.29, 1.82) is 5.41 Å². The fourth-order valence-corrected chi connectivity index (χ4v) is 1.27. The Morgan fingerprint density at radius 1 is 1.53 bits per heavy atom. The molecule has 0 rings (SSSR count). The molecule has 1 unspecified atom stereocenters. The van der Waals surface area contributed by atoms with E-state index in [1.165, 1.54) is 0 Å². The first-order valence-corrected chi connectivity index (χ1v) is 4.80. The van der Waals surface area contributed by atoms with Gasteiger partial charge in [-0.2, -0.15) is 0 Å². The monoisotopic (exact) mass is 255 g/mol. The molecule has 0 spiro atoms. The second kappa shape index (κ2) is 8.98. The molecule has 0 saturated heterocycles. The fourth-order valence-electron chi connectivity index (χ4n) is 0.583. The number of carboxylic acids is 1. The van der Waals surface area contributed by atoms with Gasteiger partial charge in [-0.15, -0.1) is 0 Å². The average Bonchev–Trinajstić information content (AvgIpc) is 1.81. The molecule has 76 valence electrons. The van der Waals surface area contributed by atoms with E-state index in [4.69, 9.17) is 16.0 Å². The summed E-state index contributed by atoms with van der Waals surface area (Å²) in [5, 5.41) is 16.8. The maximum Gasteiger partial charge on any atom is 1.00 e. The van der Waals surface area contributed by atoms with Crippen molar-refractivity contribution in [2.24, 2.45) is 5.73 Å². The number of nitrogens with two attached hydrogens (primary N) is 1. The van der Waals surface area contributed by atoms with E-state index in [-0.39, 0.29) is 59.1 Å². The van der Waals surface area contributed by atoms with Gasteiger partial charge in [0, 0.05) is 0 Å². The van der Waals surface area contributed by atoms with Gasteiger partial charge in [-0.1, -0.05) is 0 Å². The van der Waals surface area contributed by atoms with Crippen LogP contribution in [-0.2, 0) is 9.36 Å². The minimum absolute atomic E-state index is 0. The minimum Gasteiger partial charge on any atom is -0.777 e. The van der Waals surface area contributed by atoms with Crippen molar-refractivity contribution in [2.75, 3.05) is 12.8 Å². The van der Waals surface area contributed by atoms with Gasteiger partial charge in [-0.25, -0.2) is 0 Å². The van der Waals surface area contributed by atoms with Crippen LogP contribution in [0.15, 0.2) is 0 Å². The second-order valence-corrected chi connectivity index (χ2v) is 3.79. The van der Waals surface area contributed by atoms with E-state index in [0.29, 0.717) is 4.90 Å². The van der Waals surface area contributed by atoms with Crippen molar-refractivity contribution < 1.29 is 83.4 Å². The zero-order chi connectivity index (χ0) is 10.6. The van der Waals surface area contributed by atoms with Gasteiger partial charge in [0.15, 0.2) is 13.6 Å². The number of carbonyl (C=O) groups is 1. The van der Waals surface area contributed by atoms with Gasteiger partial charge in [-0.05, 0) is 0 Å². The molecule has 0 aromatic rings. The smallest absolute Gasteiger partial charge is 0.777 e. The first kappa shape index (κ1) is 21.2. The molecule has 0 aromatic carbocycles. The first-order chi connectivity index (χ1) is 5.72. The number of aliphatic carboxylic acids is 1. The number of guanidine groups is 1. The summed E-state index contributed by atoms with van der Waals surface area (Å²) in [7, 11) is -4.67. The van der Waals surface area contributed by atoms with Crippen molar-refractivity contribution in [3.63, 3.8) is 0 Å². The Kier molecular flexibility index (Phi) is 12.7. The fraction of sp³-hybridized carbons (Fsp3) is 0.500. The topological polar surface area (TPSA) is 154 Å². The Morgan fingerprint density at radius 2 is 1.93 bits per heavy atom. The number of hydrogen-bond donors (Lipinski definition) is 3. The molecule has 4 N–H and O–H groups in total. The predicted molar refractivity (Wildman–Crippen MR) is 38.3 cm³/mol. The van der Waals surface area contributed by atoms with Crippen LogP contribution in [0.25, 0.3) is 0 Å². The number of nitrogens with zero attached hydrogens (tertiary/aromatic N) is 1. The van der Waals surface area contributed by atoms with Crippen molar-refractivity contribution >= 4 is 19.5 Å². The predicted octanol–water partition coefficient (Wildman–Crippen LogP) is -9.56. The molecule has 0 saturated carbocycles. The molecule has 0 fully saturated rings. The van der Waals surface area contributed by atoms with Gasteiger partial charge < -0.3 is 34.9 Å². The zero-order valence-electron chi connectivity index (χ0n) is 8.47. The van der Waals surface area contributed by atoms with Crippen LogP contribution in [0.3, 0.4) is 0 Å². The molecule has 0 heterocycles. The number of rotatable bonds is 4. The van der Waals surface area contributed by atoms with Crippen molar-refractivity contribution in [1.82, 2.24) is 4.90 Å². The number of hydrogen-bond acceptors (Lipinski definition) is 5. The quantitative estimate of drug-likeness (QED) is 0.195. The SMILES string of the molecule is N=C(N)N(CC(=O)[O-])CP(=O)([O-])O.[Na+].[Na+]. The third-order valence-electron chi connectivity index (χ3n) is 1.01. The van der Waals surface area contributed by atoms with Crippen LogP contribution in [0.5, 0.6) is 0 Å². The van der Waals surface area contributed by atoms with E-state index >= 15 is 0 Å². The summed E-state index contributed by atoms with van der Waals surface area (Å²) in [6.45, 7) is -0.859. The summed E-state index contributed by atoms with van der Waals surface area (Å²) in [6.07, 6.45) is -1.02. The van der Waals surface area contributed by atoms with Crippen LogP contribution in [0.1, 0.15) is 0 Å². The molecule has 0 aliphatic heterocycles. The van der Waals surface area contributed by atoms with Crippen LogP contribution in [-0.4, -0.2) is 34.6 Å². The number of nitrogens with one attached hydrogen (secondary N) is 1. The Labute approximate surface area is 130 Å². The van der Waals surface area contributed by atoms with Crippen molar-refractivity contribution in [2.45, 2.75) is 0 Å². The first-order valence-electron chi connectivity index (χ1n) is 3.04. The second-order valence-electron chi connectivity index (χ2n) is 2.23. The number of carboxylic acid groups (broad SMARTS) is 1. The summed E-state index contributed by atoms with van der Waals surface area (Å²) in [5.74, 6) is -2.36. The van der Waals surface area contributed by atoms with E-state index in [0.717, 1.165) is 0 Å². The Bertz CT molecular complexity index is 269. The van der Waals surface area contributed by atoms with Crippen molar-refractivity contribution in [3.8, 4) is 0 Å². The molecule has 15 heavy (non-hydrogen) atoms. The van der Waals surface area contributed by atoms with E-state index < -0.39 is 32.4 Å². The molecule has 0 aromatic heterocycles. The molecular formula is C4H8N3Na2O5P. The Morgan fingerprint density at radius 3 is 2.13 bits per heavy atom. The molecule has 0 aliphatic carbocycles. The summed E-state index contributed by atoms with van der Waals surface area (Å²) in [4.78, 5) is 29.1.